The van der Waals surface area contributed by atoms with Crippen molar-refractivity contribution >= 4 is 39.4 Å². The van der Waals surface area contributed by atoms with Crippen LogP contribution in [0.2, 0.25) is 5.02 Å². The second-order valence-corrected chi connectivity index (χ2v) is 9.93. The number of nitrogens with one attached hydrogen (secondary N) is 2. The van der Waals surface area contributed by atoms with Gasteiger partial charge < -0.3 is 19.8 Å². The van der Waals surface area contributed by atoms with Crippen LogP contribution in [0, 0.1) is 5.92 Å². The molecule has 0 spiro atoms. The van der Waals surface area contributed by atoms with Crippen molar-refractivity contribution in [1.29, 1.82) is 0 Å². The van der Waals surface area contributed by atoms with Crippen LogP contribution in [0.25, 0.3) is 21.7 Å². The number of rotatable bonds is 8. The second kappa shape index (κ2) is 11.2. The first-order valence-electron chi connectivity index (χ1n) is 12.5. The van der Waals surface area contributed by atoms with Crippen molar-refractivity contribution in [1.82, 2.24) is 15.2 Å². The standard InChI is InChI=1S/C29H32ClN3O3/c1-35-28-11-8-21-6-2-3-7-24(21)26(28)18-33-14-4-5-20(17-33)19-36-29(34)31-13-12-22-16-32-27-10-9-23(30)15-25(22)27/h2-3,6-11,15-16,20,32H,4-5,12-14,17-19H2,1H3,(H,31,34). The van der Waals surface area contributed by atoms with E-state index in [-0.39, 0.29) is 6.09 Å². The Morgan fingerprint density at radius 2 is 2.06 bits per heavy atom. The number of carbonyl (C=O) groups excluding carboxylic acids is 1. The normalized spacial score (nSPS) is 16.3. The number of fused-ring (bicyclic) bond motifs is 2. The van der Waals surface area contributed by atoms with Crippen LogP contribution in [0.5, 0.6) is 5.75 Å². The first kappa shape index (κ1) is 24.5. The molecule has 1 aliphatic rings. The quantitative estimate of drug-likeness (QED) is 0.301. The Hall–Kier alpha value is -3.22. The summed E-state index contributed by atoms with van der Waals surface area (Å²) >= 11 is 6.13. The van der Waals surface area contributed by atoms with E-state index in [2.05, 4.69) is 51.6 Å². The van der Waals surface area contributed by atoms with Gasteiger partial charge in [0.1, 0.15) is 5.75 Å². The Bertz CT molecular complexity index is 1350. The number of aromatic nitrogens is 1. The Morgan fingerprint density at radius 1 is 1.17 bits per heavy atom. The summed E-state index contributed by atoms with van der Waals surface area (Å²) in [5.74, 6) is 1.24. The molecular weight excluding hydrogens is 474 g/mol. The first-order chi connectivity index (χ1) is 17.6. The number of likely N-dealkylation sites (tertiary alicyclic amines) is 1. The number of benzene rings is 3. The van der Waals surface area contributed by atoms with Gasteiger partial charge in [-0.05, 0) is 66.4 Å². The average molecular weight is 506 g/mol. The summed E-state index contributed by atoms with van der Waals surface area (Å²) in [5.41, 5.74) is 3.38. The Balaban J connectivity index is 1.11. The number of piperidine rings is 1. The Kier molecular flexibility index (Phi) is 7.63. The molecule has 6 nitrogen and oxygen atoms in total. The van der Waals surface area contributed by atoms with E-state index in [1.807, 2.05) is 24.4 Å². The first-order valence-corrected chi connectivity index (χ1v) is 12.9. The van der Waals surface area contributed by atoms with Gasteiger partial charge >= 0.3 is 6.09 Å². The van der Waals surface area contributed by atoms with Gasteiger partial charge in [-0.25, -0.2) is 4.79 Å². The van der Waals surface area contributed by atoms with Gasteiger partial charge in [0.15, 0.2) is 0 Å². The smallest absolute Gasteiger partial charge is 0.407 e. The number of halogens is 1. The van der Waals surface area contributed by atoms with Crippen molar-refractivity contribution in [2.75, 3.05) is 33.4 Å². The van der Waals surface area contributed by atoms with Gasteiger partial charge in [-0.2, -0.15) is 0 Å². The summed E-state index contributed by atoms with van der Waals surface area (Å²) in [6, 6.07) is 18.4. The van der Waals surface area contributed by atoms with E-state index in [9.17, 15) is 4.79 Å². The highest BCUT2D eigenvalue weighted by Gasteiger charge is 2.23. The zero-order chi connectivity index (χ0) is 24.9. The number of amides is 1. The van der Waals surface area contributed by atoms with Crippen molar-refractivity contribution in [3.05, 3.63) is 76.9 Å². The third-order valence-corrected chi connectivity index (χ3v) is 7.28. The number of hydrogen-bond donors (Lipinski definition) is 2. The van der Waals surface area contributed by atoms with Crippen LogP contribution in [-0.2, 0) is 17.7 Å². The second-order valence-electron chi connectivity index (χ2n) is 9.49. The van der Waals surface area contributed by atoms with E-state index in [0.29, 0.717) is 30.5 Å². The topological polar surface area (TPSA) is 66.6 Å². The zero-order valence-electron chi connectivity index (χ0n) is 20.6. The van der Waals surface area contributed by atoms with E-state index in [0.717, 1.165) is 54.7 Å². The van der Waals surface area contributed by atoms with Gasteiger partial charge in [-0.15, -0.1) is 0 Å². The summed E-state index contributed by atoms with van der Waals surface area (Å²) in [6.45, 7) is 3.69. The van der Waals surface area contributed by atoms with E-state index in [1.54, 1.807) is 7.11 Å². The van der Waals surface area contributed by atoms with Crippen LogP contribution < -0.4 is 10.1 Å². The molecule has 0 aliphatic carbocycles. The number of methoxy groups -OCH3 is 1. The predicted molar refractivity (Wildman–Crippen MR) is 145 cm³/mol. The average Bonchev–Trinajstić information content (AvgIpc) is 3.30. The highest BCUT2D eigenvalue weighted by Crippen LogP contribution is 2.30. The van der Waals surface area contributed by atoms with Crippen LogP contribution in [0.1, 0.15) is 24.0 Å². The van der Waals surface area contributed by atoms with Crippen molar-refractivity contribution in [3.63, 3.8) is 0 Å². The van der Waals surface area contributed by atoms with E-state index in [4.69, 9.17) is 21.1 Å². The molecule has 0 bridgehead atoms. The minimum Gasteiger partial charge on any atom is -0.496 e. The fourth-order valence-corrected chi connectivity index (χ4v) is 5.40. The molecular formula is C29H32ClN3O3. The van der Waals surface area contributed by atoms with Gasteiger partial charge in [0.05, 0.1) is 13.7 Å². The highest BCUT2D eigenvalue weighted by molar-refractivity contribution is 6.31. The monoisotopic (exact) mass is 505 g/mol. The summed E-state index contributed by atoms with van der Waals surface area (Å²) in [5, 5.41) is 7.13. The Labute approximate surface area is 216 Å². The maximum atomic E-state index is 12.3. The number of nitrogens with zero attached hydrogens (tertiary/aromatic N) is 1. The molecule has 0 saturated carbocycles. The zero-order valence-corrected chi connectivity index (χ0v) is 21.3. The minimum atomic E-state index is -0.360. The molecule has 1 saturated heterocycles. The van der Waals surface area contributed by atoms with Crippen molar-refractivity contribution in [3.8, 4) is 5.75 Å². The Morgan fingerprint density at radius 3 is 2.94 bits per heavy atom. The molecule has 2 heterocycles. The third-order valence-electron chi connectivity index (χ3n) is 7.05. The summed E-state index contributed by atoms with van der Waals surface area (Å²) in [6.07, 6.45) is 4.47. The van der Waals surface area contributed by atoms with E-state index < -0.39 is 0 Å². The predicted octanol–water partition coefficient (Wildman–Crippen LogP) is 6.16. The van der Waals surface area contributed by atoms with Crippen molar-refractivity contribution < 1.29 is 14.3 Å². The molecule has 1 aromatic heterocycles. The highest BCUT2D eigenvalue weighted by atomic mass is 35.5. The third kappa shape index (κ3) is 5.61. The van der Waals surface area contributed by atoms with Crippen LogP contribution >= 0.6 is 11.6 Å². The number of H-pyrrole nitrogens is 1. The number of carbonyl (C=O) groups is 1. The molecule has 2 N–H and O–H groups in total. The number of hydrogen-bond acceptors (Lipinski definition) is 4. The molecule has 36 heavy (non-hydrogen) atoms. The SMILES string of the molecule is COc1ccc2ccccc2c1CN1CCCC(COC(=O)NCCc2c[nH]c3ccc(Cl)cc23)C1. The molecule has 1 aliphatic heterocycles. The molecule has 1 amide bonds. The molecule has 1 fully saturated rings. The molecule has 7 heteroatoms. The lowest BCUT2D eigenvalue weighted by Gasteiger charge is -2.33. The lowest BCUT2D eigenvalue weighted by Crippen LogP contribution is -2.38. The molecule has 5 rings (SSSR count). The van der Waals surface area contributed by atoms with E-state index in [1.165, 1.54) is 16.3 Å². The van der Waals surface area contributed by atoms with E-state index >= 15 is 0 Å². The van der Waals surface area contributed by atoms with Crippen LogP contribution in [-0.4, -0.2) is 49.3 Å². The lowest BCUT2D eigenvalue weighted by molar-refractivity contribution is 0.0870. The summed E-state index contributed by atoms with van der Waals surface area (Å²) in [4.78, 5) is 18.0. The van der Waals surface area contributed by atoms with Crippen LogP contribution in [0.15, 0.2) is 60.8 Å². The summed E-state index contributed by atoms with van der Waals surface area (Å²) < 4.78 is 11.3. The maximum Gasteiger partial charge on any atom is 0.407 e. The van der Waals surface area contributed by atoms with Gasteiger partial charge in [0, 0.05) is 53.2 Å². The molecule has 0 radical (unpaired) electrons. The van der Waals surface area contributed by atoms with Gasteiger partial charge in [0.25, 0.3) is 0 Å². The van der Waals surface area contributed by atoms with Crippen LogP contribution in [0.4, 0.5) is 4.79 Å². The number of aromatic amines is 1. The van der Waals surface area contributed by atoms with Crippen molar-refractivity contribution in [2.45, 2.75) is 25.8 Å². The summed E-state index contributed by atoms with van der Waals surface area (Å²) in [7, 11) is 1.73. The van der Waals surface area contributed by atoms with Crippen LogP contribution in [0.3, 0.4) is 0 Å². The fraction of sp³-hybridized carbons (Fsp3) is 0.345. The minimum absolute atomic E-state index is 0.321. The molecule has 4 aromatic rings. The maximum absolute atomic E-state index is 12.3. The molecule has 1 unspecified atom stereocenters. The van der Waals surface area contributed by atoms with Gasteiger partial charge in [0.2, 0.25) is 0 Å². The fourth-order valence-electron chi connectivity index (χ4n) is 5.23. The van der Waals surface area contributed by atoms with Gasteiger partial charge in [-0.1, -0.05) is 41.9 Å². The molecule has 1 atom stereocenters. The molecule has 188 valence electrons. The molecule has 3 aromatic carbocycles. The van der Waals surface area contributed by atoms with Crippen molar-refractivity contribution in [2.24, 2.45) is 5.92 Å². The lowest BCUT2D eigenvalue weighted by atomic mass is 9.97. The number of ether oxygens (including phenoxy) is 2. The number of alkyl carbamates (subject to hydrolysis) is 1. The largest absolute Gasteiger partial charge is 0.496 e. The van der Waals surface area contributed by atoms with Gasteiger partial charge in [-0.3, -0.25) is 4.90 Å².